The smallest absolute Gasteiger partial charge is 0.269 e. The molecule has 1 N–H and O–H groups in total. The molecule has 0 fully saturated rings. The van der Waals surface area contributed by atoms with E-state index in [9.17, 15) is 10.1 Å². The van der Waals surface area contributed by atoms with Crippen molar-refractivity contribution in [2.45, 2.75) is 33.3 Å². The molecule has 0 saturated carbocycles. The molecule has 0 bridgehead atoms. The van der Waals surface area contributed by atoms with E-state index in [0.29, 0.717) is 18.0 Å². The van der Waals surface area contributed by atoms with Gasteiger partial charge in [-0.2, -0.15) is 5.10 Å². The lowest BCUT2D eigenvalue weighted by molar-refractivity contribution is -0.384. The van der Waals surface area contributed by atoms with E-state index in [1.165, 1.54) is 12.1 Å². The lowest BCUT2D eigenvalue weighted by atomic mass is 10.2. The molecule has 0 radical (unpaired) electrons. The molecule has 27 heavy (non-hydrogen) atoms. The number of halogens is 1. The summed E-state index contributed by atoms with van der Waals surface area (Å²) in [7, 11) is 0. The van der Waals surface area contributed by atoms with Crippen LogP contribution in [0.15, 0.2) is 41.5 Å². The number of hydrazone groups is 1. The van der Waals surface area contributed by atoms with Gasteiger partial charge in [0.2, 0.25) is 0 Å². The fourth-order valence-electron chi connectivity index (χ4n) is 2.16. The Balaban J connectivity index is 2.15. The molecule has 0 aliphatic carbocycles. The average molecular weight is 483 g/mol. The Morgan fingerprint density at radius 1 is 1.30 bits per heavy atom. The highest BCUT2D eigenvalue weighted by Crippen LogP contribution is 2.35. The summed E-state index contributed by atoms with van der Waals surface area (Å²) in [6.07, 6.45) is 2.67. The lowest BCUT2D eigenvalue weighted by Crippen LogP contribution is -2.12. The first-order chi connectivity index (χ1) is 12.9. The van der Waals surface area contributed by atoms with Crippen molar-refractivity contribution in [1.82, 2.24) is 0 Å². The lowest BCUT2D eigenvalue weighted by Gasteiger charge is -2.18. The molecule has 144 valence electrons. The van der Waals surface area contributed by atoms with Crippen LogP contribution in [0.4, 0.5) is 11.4 Å². The van der Waals surface area contributed by atoms with Crippen molar-refractivity contribution < 1.29 is 14.4 Å². The van der Waals surface area contributed by atoms with Gasteiger partial charge in [-0.25, -0.2) is 0 Å². The van der Waals surface area contributed by atoms with E-state index in [1.54, 1.807) is 18.3 Å². The summed E-state index contributed by atoms with van der Waals surface area (Å²) in [4.78, 5) is 10.2. The first-order valence-electron chi connectivity index (χ1n) is 8.61. The first kappa shape index (κ1) is 20.9. The zero-order valence-corrected chi connectivity index (χ0v) is 17.6. The molecule has 2 rings (SSSR count). The van der Waals surface area contributed by atoms with Crippen molar-refractivity contribution in [1.29, 1.82) is 0 Å². The van der Waals surface area contributed by atoms with Gasteiger partial charge in [0.15, 0.2) is 11.5 Å². The van der Waals surface area contributed by atoms with Crippen LogP contribution in [0.5, 0.6) is 11.5 Å². The third-order valence-corrected chi connectivity index (χ3v) is 4.51. The maximum atomic E-state index is 10.7. The van der Waals surface area contributed by atoms with Crippen LogP contribution < -0.4 is 14.9 Å². The minimum atomic E-state index is -0.437. The van der Waals surface area contributed by atoms with Crippen LogP contribution in [0.3, 0.4) is 0 Å². The Morgan fingerprint density at radius 2 is 2.00 bits per heavy atom. The minimum Gasteiger partial charge on any atom is -0.490 e. The number of hydrogen-bond acceptors (Lipinski definition) is 6. The summed E-state index contributed by atoms with van der Waals surface area (Å²) in [6.45, 7) is 6.56. The van der Waals surface area contributed by atoms with Crippen LogP contribution in [0, 0.1) is 13.7 Å². The van der Waals surface area contributed by atoms with E-state index in [4.69, 9.17) is 9.47 Å². The van der Waals surface area contributed by atoms with E-state index in [1.807, 2.05) is 26.0 Å². The van der Waals surface area contributed by atoms with Crippen LogP contribution in [0.2, 0.25) is 0 Å². The molecule has 0 aliphatic rings. The van der Waals surface area contributed by atoms with Crippen LogP contribution in [0.1, 0.15) is 32.8 Å². The zero-order chi connectivity index (χ0) is 19.8. The van der Waals surface area contributed by atoms with Crippen LogP contribution in [-0.4, -0.2) is 23.8 Å². The quantitative estimate of drug-likeness (QED) is 0.229. The number of nitrogens with one attached hydrogen (secondary N) is 1. The average Bonchev–Trinajstić information content (AvgIpc) is 2.65. The number of benzene rings is 2. The highest BCUT2D eigenvalue weighted by molar-refractivity contribution is 14.1. The van der Waals surface area contributed by atoms with Crippen molar-refractivity contribution in [2.75, 3.05) is 12.0 Å². The molecule has 8 heteroatoms. The molecule has 0 saturated heterocycles. The van der Waals surface area contributed by atoms with Crippen LogP contribution in [0.25, 0.3) is 0 Å². The second kappa shape index (κ2) is 10.1. The second-order valence-electron chi connectivity index (χ2n) is 5.77. The molecule has 0 aliphatic heterocycles. The van der Waals surface area contributed by atoms with Crippen LogP contribution >= 0.6 is 22.6 Å². The second-order valence-corrected chi connectivity index (χ2v) is 6.94. The maximum Gasteiger partial charge on any atom is 0.269 e. The predicted molar refractivity (Wildman–Crippen MR) is 115 cm³/mol. The molecule has 2 aromatic rings. The van der Waals surface area contributed by atoms with Gasteiger partial charge in [-0.3, -0.25) is 15.5 Å². The summed E-state index contributed by atoms with van der Waals surface area (Å²) in [6, 6.07) is 9.90. The fourth-order valence-corrected chi connectivity index (χ4v) is 2.92. The van der Waals surface area contributed by atoms with Gasteiger partial charge in [-0.05, 0) is 72.7 Å². The van der Waals surface area contributed by atoms with Gasteiger partial charge in [0.1, 0.15) is 0 Å². The minimum absolute atomic E-state index is 0.0392. The molecule has 1 atom stereocenters. The number of rotatable bonds is 9. The van der Waals surface area contributed by atoms with Crippen LogP contribution in [-0.2, 0) is 0 Å². The van der Waals surface area contributed by atoms with Gasteiger partial charge in [0.25, 0.3) is 5.69 Å². The normalized spacial score (nSPS) is 12.0. The molecule has 0 spiro atoms. The molecular formula is C19H22IN3O4. The summed E-state index contributed by atoms with van der Waals surface area (Å²) in [5, 5.41) is 14.9. The zero-order valence-electron chi connectivity index (χ0n) is 15.4. The van der Waals surface area contributed by atoms with Crippen molar-refractivity contribution in [2.24, 2.45) is 5.10 Å². The SMILES string of the molecule is CCOc1cc(/C=N/Nc2ccc([N+](=O)[O-])cc2)cc(I)c1O[C@H](C)CC. The van der Waals surface area contributed by atoms with Gasteiger partial charge in [-0.1, -0.05) is 6.92 Å². The van der Waals surface area contributed by atoms with Gasteiger partial charge in [0, 0.05) is 12.1 Å². The van der Waals surface area contributed by atoms with Gasteiger partial charge in [-0.15, -0.1) is 0 Å². The standard InChI is InChI=1S/C19H22IN3O4/c1-4-13(3)27-19-17(20)10-14(11-18(19)26-5-2)12-21-22-15-6-8-16(9-7-15)23(24)25/h6-13,22H,4-5H2,1-3H3/b21-12+/t13-/m1/s1. The molecule has 7 nitrogen and oxygen atoms in total. The largest absolute Gasteiger partial charge is 0.490 e. The van der Waals surface area contributed by atoms with Crippen molar-refractivity contribution in [3.8, 4) is 11.5 Å². The molecule has 0 unspecified atom stereocenters. The summed E-state index contributed by atoms with van der Waals surface area (Å²) in [5.41, 5.74) is 4.41. The Labute approximate surface area is 172 Å². The van der Waals surface area contributed by atoms with Crippen molar-refractivity contribution >= 4 is 40.2 Å². The number of nitro benzene ring substituents is 1. The number of non-ortho nitro benzene ring substituents is 1. The highest BCUT2D eigenvalue weighted by Gasteiger charge is 2.14. The van der Waals surface area contributed by atoms with Gasteiger partial charge >= 0.3 is 0 Å². The monoisotopic (exact) mass is 483 g/mol. The molecule has 0 aromatic heterocycles. The van der Waals surface area contributed by atoms with Crippen molar-refractivity contribution in [3.05, 3.63) is 55.6 Å². The van der Waals surface area contributed by atoms with E-state index < -0.39 is 4.92 Å². The molecule has 2 aromatic carbocycles. The van der Waals surface area contributed by atoms with E-state index >= 15 is 0 Å². The Morgan fingerprint density at radius 3 is 2.59 bits per heavy atom. The molecular weight excluding hydrogens is 461 g/mol. The molecule has 0 amide bonds. The fraction of sp³-hybridized carbons (Fsp3) is 0.316. The Hall–Kier alpha value is -2.36. The van der Waals surface area contributed by atoms with Gasteiger partial charge in [0.05, 0.1) is 33.1 Å². The topological polar surface area (TPSA) is 86.0 Å². The number of hydrogen-bond donors (Lipinski definition) is 1. The third-order valence-electron chi connectivity index (χ3n) is 3.71. The Bertz CT molecular complexity index is 809. The van der Waals surface area contributed by atoms with Gasteiger partial charge < -0.3 is 9.47 Å². The van der Waals surface area contributed by atoms with E-state index in [0.717, 1.165) is 21.3 Å². The summed E-state index contributed by atoms with van der Waals surface area (Å²) >= 11 is 2.22. The maximum absolute atomic E-state index is 10.7. The summed E-state index contributed by atoms with van der Waals surface area (Å²) in [5.74, 6) is 1.42. The van der Waals surface area contributed by atoms with E-state index in [-0.39, 0.29) is 11.8 Å². The highest BCUT2D eigenvalue weighted by atomic mass is 127. The summed E-state index contributed by atoms with van der Waals surface area (Å²) < 4.78 is 12.7. The number of nitro groups is 1. The Kier molecular flexibility index (Phi) is 7.83. The predicted octanol–water partition coefficient (Wildman–Crippen LogP) is 5.22. The third kappa shape index (κ3) is 6.09. The van der Waals surface area contributed by atoms with E-state index in [2.05, 4.69) is 40.0 Å². The number of ether oxygens (including phenoxy) is 2. The van der Waals surface area contributed by atoms with Crippen molar-refractivity contribution in [3.63, 3.8) is 0 Å². The first-order valence-corrected chi connectivity index (χ1v) is 9.69. The molecule has 0 heterocycles. The number of anilines is 1. The number of nitrogens with zero attached hydrogens (tertiary/aromatic N) is 2.